The number of hydrogen-bond donors (Lipinski definition) is 3. The quantitative estimate of drug-likeness (QED) is 0.306. The normalized spacial score (nSPS) is 23.0. The Morgan fingerprint density at radius 2 is 1.89 bits per heavy atom. The standard InChI is InChI=1S/C31H32F4N6O3S/c1-30(2)28(44)41(19-9-8-18(16-36)23(15-19)31(33,34)35)29(45)40(30)12-11-37-26(42)22-13-17(7-10-24(22)32)14-25-20-5-3-4-6-21(20)27(43)39-38-25/h7-10,13,15,20-21,25,38H,3-6,11-12,14H2,1-2H3,(H,37,42)(H,39,43). The van der Waals surface area contributed by atoms with Gasteiger partial charge in [-0.05, 0) is 87.1 Å². The van der Waals surface area contributed by atoms with Crippen LogP contribution in [0.2, 0.25) is 0 Å². The van der Waals surface area contributed by atoms with Crippen molar-refractivity contribution in [1.82, 2.24) is 21.1 Å². The molecule has 3 amide bonds. The number of anilines is 1. The number of nitrogens with zero attached hydrogens (tertiary/aromatic N) is 3. The molecule has 238 valence electrons. The highest BCUT2D eigenvalue weighted by atomic mass is 32.1. The maximum absolute atomic E-state index is 14.8. The SMILES string of the molecule is CC1(C)C(=O)N(c2ccc(C#N)c(C(F)(F)F)c2)C(=S)N1CCNC(=O)c1cc(CC2NNC(=O)C3CCCCC23)ccc1F. The van der Waals surface area contributed by atoms with Crippen molar-refractivity contribution >= 4 is 40.7 Å². The number of amides is 3. The van der Waals surface area contributed by atoms with Gasteiger partial charge >= 0.3 is 6.18 Å². The number of fused-ring (bicyclic) bond motifs is 1. The topological polar surface area (TPSA) is 118 Å². The Balaban J connectivity index is 1.26. The molecule has 1 aliphatic carbocycles. The van der Waals surface area contributed by atoms with E-state index < -0.39 is 40.5 Å². The van der Waals surface area contributed by atoms with Crippen LogP contribution >= 0.6 is 12.2 Å². The molecule has 2 saturated heterocycles. The summed E-state index contributed by atoms with van der Waals surface area (Å²) in [5.74, 6) is -1.90. The van der Waals surface area contributed by atoms with Gasteiger partial charge in [-0.2, -0.15) is 18.4 Å². The van der Waals surface area contributed by atoms with Crippen molar-refractivity contribution in [2.75, 3.05) is 18.0 Å². The van der Waals surface area contributed by atoms with Crippen LogP contribution < -0.4 is 21.1 Å². The summed E-state index contributed by atoms with van der Waals surface area (Å²) < 4.78 is 55.5. The molecule has 14 heteroatoms. The zero-order valence-corrected chi connectivity index (χ0v) is 25.4. The minimum Gasteiger partial charge on any atom is -0.350 e. The maximum Gasteiger partial charge on any atom is 0.417 e. The van der Waals surface area contributed by atoms with Gasteiger partial charge in [0.1, 0.15) is 11.4 Å². The van der Waals surface area contributed by atoms with Crippen LogP contribution in [-0.4, -0.2) is 52.4 Å². The minimum absolute atomic E-state index is 0.0106. The van der Waals surface area contributed by atoms with E-state index in [9.17, 15) is 31.9 Å². The number of alkyl halides is 3. The van der Waals surface area contributed by atoms with Crippen molar-refractivity contribution in [3.63, 3.8) is 0 Å². The third-order valence-electron chi connectivity index (χ3n) is 8.92. The van der Waals surface area contributed by atoms with Crippen LogP contribution in [0.3, 0.4) is 0 Å². The second-order valence-corrected chi connectivity index (χ2v) is 12.4. The molecular formula is C31H32F4N6O3S. The average molecular weight is 645 g/mol. The van der Waals surface area contributed by atoms with Gasteiger partial charge in [0.05, 0.1) is 28.4 Å². The molecule has 9 nitrogen and oxygen atoms in total. The van der Waals surface area contributed by atoms with Crippen molar-refractivity contribution in [3.8, 4) is 6.07 Å². The third-order valence-corrected chi connectivity index (χ3v) is 9.32. The van der Waals surface area contributed by atoms with Crippen LogP contribution in [0.4, 0.5) is 23.2 Å². The molecule has 0 aromatic heterocycles. The second-order valence-electron chi connectivity index (χ2n) is 12.0. The van der Waals surface area contributed by atoms with E-state index in [1.807, 2.05) is 0 Å². The lowest BCUT2D eigenvalue weighted by molar-refractivity contribution is -0.138. The van der Waals surface area contributed by atoms with Crippen LogP contribution in [0.1, 0.15) is 66.6 Å². The van der Waals surface area contributed by atoms with Crippen LogP contribution in [0.5, 0.6) is 0 Å². The van der Waals surface area contributed by atoms with Gasteiger partial charge in [0, 0.05) is 25.0 Å². The lowest BCUT2D eigenvalue weighted by atomic mass is 9.72. The number of benzene rings is 2. The minimum atomic E-state index is -4.82. The summed E-state index contributed by atoms with van der Waals surface area (Å²) in [6.45, 7) is 3.08. The molecule has 0 radical (unpaired) electrons. The van der Waals surface area contributed by atoms with E-state index in [-0.39, 0.29) is 53.2 Å². The first-order valence-corrected chi connectivity index (χ1v) is 15.0. The Labute approximate surface area is 262 Å². The van der Waals surface area contributed by atoms with E-state index in [1.54, 1.807) is 19.9 Å². The molecule has 0 bridgehead atoms. The zero-order chi connectivity index (χ0) is 32.7. The smallest absolute Gasteiger partial charge is 0.350 e. The van der Waals surface area contributed by atoms with E-state index in [1.165, 1.54) is 29.2 Å². The van der Waals surface area contributed by atoms with Crippen LogP contribution in [-0.2, 0) is 22.2 Å². The van der Waals surface area contributed by atoms with Gasteiger partial charge < -0.3 is 10.2 Å². The Bertz CT molecular complexity index is 1590. The molecule has 5 rings (SSSR count). The number of hydrogen-bond acceptors (Lipinski definition) is 6. The fourth-order valence-electron chi connectivity index (χ4n) is 6.48. The summed E-state index contributed by atoms with van der Waals surface area (Å²) >= 11 is 5.48. The van der Waals surface area contributed by atoms with Gasteiger partial charge in [-0.3, -0.25) is 24.7 Å². The van der Waals surface area contributed by atoms with Crippen LogP contribution in [0.25, 0.3) is 0 Å². The highest BCUT2D eigenvalue weighted by Gasteiger charge is 2.49. The summed E-state index contributed by atoms with van der Waals surface area (Å²) in [7, 11) is 0. The number of halogens is 4. The molecule has 45 heavy (non-hydrogen) atoms. The van der Waals surface area contributed by atoms with Gasteiger partial charge in [0.25, 0.3) is 11.8 Å². The Morgan fingerprint density at radius 1 is 1.16 bits per heavy atom. The van der Waals surface area contributed by atoms with Crippen molar-refractivity contribution in [1.29, 1.82) is 5.26 Å². The number of nitriles is 1. The van der Waals surface area contributed by atoms with Gasteiger partial charge in [-0.1, -0.05) is 18.9 Å². The van der Waals surface area contributed by atoms with E-state index in [4.69, 9.17) is 17.5 Å². The molecule has 3 unspecified atom stereocenters. The Hall–Kier alpha value is -4.09. The summed E-state index contributed by atoms with van der Waals surface area (Å²) in [5.41, 5.74) is 3.22. The molecule has 3 aliphatic rings. The molecular weight excluding hydrogens is 612 g/mol. The van der Waals surface area contributed by atoms with Gasteiger partial charge in [0.15, 0.2) is 5.11 Å². The monoisotopic (exact) mass is 644 g/mol. The Morgan fingerprint density at radius 3 is 2.60 bits per heavy atom. The third kappa shape index (κ3) is 6.24. The second kappa shape index (κ2) is 12.4. The Kier molecular flexibility index (Phi) is 8.88. The first-order valence-electron chi connectivity index (χ1n) is 14.6. The van der Waals surface area contributed by atoms with Crippen LogP contribution in [0, 0.1) is 29.0 Å². The summed E-state index contributed by atoms with van der Waals surface area (Å²) in [4.78, 5) is 41.1. The van der Waals surface area contributed by atoms with E-state index in [0.29, 0.717) is 12.5 Å². The number of hydrazine groups is 1. The van der Waals surface area contributed by atoms with E-state index in [2.05, 4.69) is 16.2 Å². The lowest BCUT2D eigenvalue weighted by Crippen LogP contribution is -2.60. The molecule has 3 N–H and O–H groups in total. The first kappa shape index (κ1) is 32.3. The predicted octanol–water partition coefficient (Wildman–Crippen LogP) is 4.21. The number of rotatable bonds is 7. The maximum atomic E-state index is 14.8. The molecule has 0 spiro atoms. The summed E-state index contributed by atoms with van der Waals surface area (Å²) in [5, 5.41) is 11.7. The molecule has 2 heterocycles. The largest absolute Gasteiger partial charge is 0.417 e. The molecule has 2 aliphatic heterocycles. The number of carbonyl (C=O) groups is 3. The van der Waals surface area contributed by atoms with Crippen molar-refractivity contribution < 1.29 is 31.9 Å². The van der Waals surface area contributed by atoms with E-state index >= 15 is 0 Å². The van der Waals surface area contributed by atoms with Crippen molar-refractivity contribution in [2.45, 2.75) is 63.7 Å². The molecule has 2 aromatic carbocycles. The zero-order valence-electron chi connectivity index (χ0n) is 24.6. The van der Waals surface area contributed by atoms with Gasteiger partial charge in [0.2, 0.25) is 5.91 Å². The van der Waals surface area contributed by atoms with Crippen LogP contribution in [0.15, 0.2) is 36.4 Å². The number of nitrogens with one attached hydrogen (secondary N) is 3. The average Bonchev–Trinajstić information content (AvgIpc) is 3.17. The summed E-state index contributed by atoms with van der Waals surface area (Å²) in [6, 6.07) is 8.70. The fourth-order valence-corrected chi connectivity index (χ4v) is 6.99. The summed E-state index contributed by atoms with van der Waals surface area (Å²) in [6.07, 6.45) is -0.559. The van der Waals surface area contributed by atoms with Crippen molar-refractivity contribution in [2.24, 2.45) is 11.8 Å². The van der Waals surface area contributed by atoms with E-state index in [0.717, 1.165) is 42.2 Å². The number of carbonyl (C=O) groups excluding carboxylic acids is 3. The number of thiocarbonyl (C=S) groups is 1. The van der Waals surface area contributed by atoms with Gasteiger partial charge in [-0.25, -0.2) is 9.82 Å². The molecule has 3 atom stereocenters. The van der Waals surface area contributed by atoms with Crippen molar-refractivity contribution in [3.05, 3.63) is 64.5 Å². The predicted molar refractivity (Wildman–Crippen MR) is 160 cm³/mol. The molecule has 3 fully saturated rings. The highest BCUT2D eigenvalue weighted by Crippen LogP contribution is 2.38. The molecule has 2 aromatic rings. The first-order chi connectivity index (χ1) is 21.2. The fraction of sp³-hybridized carbons (Fsp3) is 0.452. The molecule has 1 saturated carbocycles. The highest BCUT2D eigenvalue weighted by molar-refractivity contribution is 7.80. The van der Waals surface area contributed by atoms with Gasteiger partial charge in [-0.15, -0.1) is 0 Å². The lowest BCUT2D eigenvalue weighted by Gasteiger charge is -2.41.